The summed E-state index contributed by atoms with van der Waals surface area (Å²) >= 11 is 0. The van der Waals surface area contributed by atoms with E-state index in [4.69, 9.17) is 4.98 Å². The molecule has 3 N–H and O–H groups in total. The van der Waals surface area contributed by atoms with Gasteiger partial charge in [-0.15, -0.1) is 0 Å². The van der Waals surface area contributed by atoms with Crippen LogP contribution < -0.4 is 10.6 Å². The minimum Gasteiger partial charge on any atom is -0.349 e. The van der Waals surface area contributed by atoms with Crippen molar-refractivity contribution < 1.29 is 9.59 Å². The van der Waals surface area contributed by atoms with E-state index in [0.29, 0.717) is 23.0 Å². The van der Waals surface area contributed by atoms with Crippen molar-refractivity contribution in [2.24, 2.45) is 33.5 Å². The number of nitrogens with zero attached hydrogens (tertiary/aromatic N) is 1. The van der Waals surface area contributed by atoms with Gasteiger partial charge in [-0.25, -0.2) is 4.98 Å². The second kappa shape index (κ2) is 8.68. The van der Waals surface area contributed by atoms with Gasteiger partial charge in [-0.2, -0.15) is 0 Å². The number of H-pyrrole nitrogens is 1. The SMILES string of the molecule is CC1(C)C2CCC1(C)C(NC(=O)c1ccc(-c3nc4cc(C(=O)NC5CC6CCC5(C)C6(C)C)ccc4[nH]3)cc1)C2. The molecule has 1 heterocycles. The lowest BCUT2D eigenvalue weighted by atomic mass is 9.69. The number of aromatic amines is 1. The Balaban J connectivity index is 1.04. The molecule has 41 heavy (non-hydrogen) atoms. The Morgan fingerprint density at radius 3 is 1.76 bits per heavy atom. The standard InChI is InChI=1S/C35H44N4O2/c1-32(2)23-13-15-34(32,5)27(18-23)38-30(40)21-9-7-20(8-10-21)29-36-25-12-11-22(17-26(25)37-29)31(41)39-28-19-24-14-16-35(28,6)33(24,3)4/h7-12,17,23-24,27-28H,13-16,18-19H2,1-6H3,(H,36,37)(H,38,40)(H,39,41). The van der Waals surface area contributed by atoms with Crippen LogP contribution in [-0.2, 0) is 0 Å². The molecule has 4 fully saturated rings. The molecule has 1 aromatic heterocycles. The first-order chi connectivity index (χ1) is 19.3. The number of nitrogens with one attached hydrogen (secondary N) is 3. The molecule has 6 unspecified atom stereocenters. The molecule has 4 aliphatic rings. The predicted molar refractivity (Wildman–Crippen MR) is 162 cm³/mol. The smallest absolute Gasteiger partial charge is 0.251 e. The highest BCUT2D eigenvalue weighted by molar-refractivity contribution is 5.98. The van der Waals surface area contributed by atoms with Crippen molar-refractivity contribution in [1.29, 1.82) is 0 Å². The average molecular weight is 553 g/mol. The third kappa shape index (κ3) is 3.71. The van der Waals surface area contributed by atoms with Crippen molar-refractivity contribution >= 4 is 22.8 Å². The number of carbonyl (C=O) groups excluding carboxylic acids is 2. The topological polar surface area (TPSA) is 86.9 Å². The fraction of sp³-hybridized carbons (Fsp3) is 0.571. The number of benzene rings is 2. The second-order valence-electron chi connectivity index (χ2n) is 15.2. The molecular weight excluding hydrogens is 508 g/mol. The highest BCUT2D eigenvalue weighted by Crippen LogP contribution is 2.66. The number of carbonyl (C=O) groups is 2. The van der Waals surface area contributed by atoms with Crippen LogP contribution in [0, 0.1) is 33.5 Å². The van der Waals surface area contributed by atoms with Crippen LogP contribution in [0.2, 0.25) is 0 Å². The molecule has 3 aromatic rings. The maximum atomic E-state index is 13.3. The number of rotatable bonds is 5. The molecule has 7 rings (SSSR count). The highest BCUT2D eigenvalue weighted by Gasteiger charge is 2.62. The molecule has 2 amide bonds. The monoisotopic (exact) mass is 552 g/mol. The van der Waals surface area contributed by atoms with Gasteiger partial charge in [-0.05, 0) is 102 Å². The molecule has 6 heteroatoms. The van der Waals surface area contributed by atoms with E-state index in [1.54, 1.807) is 0 Å². The molecule has 6 nitrogen and oxygen atoms in total. The summed E-state index contributed by atoms with van der Waals surface area (Å²) in [5, 5.41) is 6.73. The van der Waals surface area contributed by atoms with Gasteiger partial charge in [0.15, 0.2) is 0 Å². The van der Waals surface area contributed by atoms with Crippen molar-refractivity contribution in [3.63, 3.8) is 0 Å². The lowest BCUT2D eigenvalue weighted by molar-refractivity contribution is 0.0819. The average Bonchev–Trinajstić information content (AvgIpc) is 3.63. The van der Waals surface area contributed by atoms with Crippen LogP contribution in [-0.4, -0.2) is 33.9 Å². The zero-order valence-corrected chi connectivity index (χ0v) is 25.4. The summed E-state index contributed by atoms with van der Waals surface area (Å²) in [4.78, 5) is 34.6. The maximum absolute atomic E-state index is 13.3. The fourth-order valence-corrected chi connectivity index (χ4v) is 9.39. The number of fused-ring (bicyclic) bond motifs is 5. The van der Waals surface area contributed by atoms with E-state index in [1.165, 1.54) is 25.7 Å². The van der Waals surface area contributed by atoms with Crippen LogP contribution >= 0.6 is 0 Å². The van der Waals surface area contributed by atoms with Gasteiger partial charge in [0.25, 0.3) is 11.8 Å². The molecule has 0 spiro atoms. The molecule has 0 saturated heterocycles. The third-order valence-corrected chi connectivity index (χ3v) is 13.4. The Morgan fingerprint density at radius 2 is 1.27 bits per heavy atom. The molecule has 4 saturated carbocycles. The largest absolute Gasteiger partial charge is 0.349 e. The van der Waals surface area contributed by atoms with Gasteiger partial charge in [-0.1, -0.05) is 53.7 Å². The van der Waals surface area contributed by atoms with Crippen LogP contribution in [0.15, 0.2) is 42.5 Å². The first-order valence-electron chi connectivity index (χ1n) is 15.6. The van der Waals surface area contributed by atoms with Crippen molar-refractivity contribution in [3.05, 3.63) is 53.6 Å². The van der Waals surface area contributed by atoms with Crippen LogP contribution in [0.3, 0.4) is 0 Å². The fourth-order valence-electron chi connectivity index (χ4n) is 9.39. The molecule has 2 aromatic carbocycles. The molecule has 4 bridgehead atoms. The molecular formula is C35H44N4O2. The highest BCUT2D eigenvalue weighted by atomic mass is 16.2. The van der Waals surface area contributed by atoms with Crippen molar-refractivity contribution in [2.45, 2.75) is 92.2 Å². The summed E-state index contributed by atoms with van der Waals surface area (Å²) in [5.74, 6) is 2.08. The van der Waals surface area contributed by atoms with Gasteiger partial charge in [0, 0.05) is 28.8 Å². The van der Waals surface area contributed by atoms with Crippen molar-refractivity contribution in [2.75, 3.05) is 0 Å². The first-order valence-corrected chi connectivity index (χ1v) is 15.6. The Morgan fingerprint density at radius 1 is 0.756 bits per heavy atom. The van der Waals surface area contributed by atoms with E-state index in [2.05, 4.69) is 57.2 Å². The van der Waals surface area contributed by atoms with Crippen molar-refractivity contribution in [3.8, 4) is 11.4 Å². The Hall–Kier alpha value is -3.15. The molecule has 4 aliphatic carbocycles. The third-order valence-electron chi connectivity index (χ3n) is 13.4. The van der Waals surface area contributed by atoms with Crippen molar-refractivity contribution in [1.82, 2.24) is 20.6 Å². The molecule has 0 aliphatic heterocycles. The van der Waals surface area contributed by atoms with Crippen LogP contribution in [0.5, 0.6) is 0 Å². The first kappa shape index (κ1) is 26.7. The number of aromatic nitrogens is 2. The second-order valence-corrected chi connectivity index (χ2v) is 15.2. The zero-order chi connectivity index (χ0) is 28.9. The lowest BCUT2D eigenvalue weighted by Gasteiger charge is -2.39. The lowest BCUT2D eigenvalue weighted by Crippen LogP contribution is -2.46. The van der Waals surface area contributed by atoms with Gasteiger partial charge in [0.2, 0.25) is 0 Å². The summed E-state index contributed by atoms with van der Waals surface area (Å²) in [5.41, 5.74) is 4.70. The molecule has 216 valence electrons. The minimum atomic E-state index is -0.0193. The minimum absolute atomic E-state index is 0.000818. The number of hydrogen-bond donors (Lipinski definition) is 3. The van der Waals surface area contributed by atoms with E-state index in [1.807, 2.05) is 42.5 Å². The summed E-state index contributed by atoms with van der Waals surface area (Å²) < 4.78 is 0. The quantitative estimate of drug-likeness (QED) is 0.315. The number of amides is 2. The molecule has 6 atom stereocenters. The summed E-state index contributed by atoms with van der Waals surface area (Å²) in [6, 6.07) is 13.8. The van der Waals surface area contributed by atoms with E-state index in [-0.39, 0.29) is 45.6 Å². The van der Waals surface area contributed by atoms with Crippen LogP contribution in [0.1, 0.15) is 101 Å². The summed E-state index contributed by atoms with van der Waals surface area (Å²) in [6.07, 6.45) is 7.04. The summed E-state index contributed by atoms with van der Waals surface area (Å²) in [6.45, 7) is 14.2. The van der Waals surface area contributed by atoms with E-state index in [0.717, 1.165) is 35.3 Å². The Labute approximate surface area is 243 Å². The van der Waals surface area contributed by atoms with E-state index in [9.17, 15) is 9.59 Å². The van der Waals surface area contributed by atoms with Crippen LogP contribution in [0.4, 0.5) is 0 Å². The zero-order valence-electron chi connectivity index (χ0n) is 25.4. The number of imidazole rings is 1. The Bertz CT molecular complexity index is 1550. The summed E-state index contributed by atoms with van der Waals surface area (Å²) in [7, 11) is 0. The maximum Gasteiger partial charge on any atom is 0.251 e. The van der Waals surface area contributed by atoms with E-state index >= 15 is 0 Å². The van der Waals surface area contributed by atoms with Gasteiger partial charge >= 0.3 is 0 Å². The van der Waals surface area contributed by atoms with E-state index < -0.39 is 0 Å². The Kier molecular flexibility index (Phi) is 5.66. The van der Waals surface area contributed by atoms with Crippen LogP contribution in [0.25, 0.3) is 22.4 Å². The van der Waals surface area contributed by atoms with Gasteiger partial charge in [0.05, 0.1) is 11.0 Å². The van der Waals surface area contributed by atoms with Gasteiger partial charge in [0.1, 0.15) is 5.82 Å². The normalized spacial score (nSPS) is 34.3. The predicted octanol–water partition coefficient (Wildman–Crippen LogP) is 7.12. The van der Waals surface area contributed by atoms with Gasteiger partial charge < -0.3 is 15.6 Å². The van der Waals surface area contributed by atoms with Gasteiger partial charge in [-0.3, -0.25) is 9.59 Å². The molecule has 0 radical (unpaired) electrons. The number of hydrogen-bond acceptors (Lipinski definition) is 3.